The predicted octanol–water partition coefficient (Wildman–Crippen LogP) is 2.63. The number of hydrogen-bond donors (Lipinski definition) is 9. The number of aliphatic hydroxyl groups excluding tert-OH is 4. The van der Waals surface area contributed by atoms with Gasteiger partial charge in [0.2, 0.25) is 17.1 Å². The lowest BCUT2D eigenvalue weighted by atomic mass is 9.99. The third kappa shape index (κ3) is 6.87. The molecule has 15 nitrogen and oxygen atoms in total. The van der Waals surface area contributed by atoms with Crippen LogP contribution in [0, 0.1) is 0 Å². The molecule has 4 aromatic carbocycles. The average molecular weight is 703 g/mol. The second kappa shape index (κ2) is 14.0. The van der Waals surface area contributed by atoms with Crippen LogP contribution in [0.2, 0.25) is 0 Å². The molecule has 1 aliphatic rings. The summed E-state index contributed by atoms with van der Waals surface area (Å²) in [6, 6.07) is 16.7. The lowest BCUT2D eigenvalue weighted by molar-refractivity contribution is -0.277. The first-order valence-electron chi connectivity index (χ1n) is 15.2. The van der Waals surface area contributed by atoms with E-state index in [1.165, 1.54) is 61.1 Å². The molecular formula is C36H30O15. The van der Waals surface area contributed by atoms with Crippen molar-refractivity contribution in [2.24, 2.45) is 0 Å². The minimum absolute atomic E-state index is 0.00730. The predicted molar refractivity (Wildman–Crippen MR) is 179 cm³/mol. The Kier molecular flexibility index (Phi) is 9.56. The maximum Gasteiger partial charge on any atom is 0.229 e. The second-order valence-corrected chi connectivity index (χ2v) is 11.5. The Hall–Kier alpha value is -6.10. The summed E-state index contributed by atoms with van der Waals surface area (Å²) in [5, 5.41) is 87.2. The summed E-state index contributed by atoms with van der Waals surface area (Å²) in [4.78, 5) is 25.3. The SMILES string of the molecule is O=c1c(-c2ccc(O)cc2)coc2cc(O)cc(O)c12.O=c1c(-c2ccc(O)cc2)coc2cc(O[C@@H]3O[C@H](CO)[C@@H](O)[C@H](O)[C@H]3O)cc(O)c12. The zero-order valence-corrected chi connectivity index (χ0v) is 26.2. The van der Waals surface area contributed by atoms with Crippen LogP contribution in [0.15, 0.2) is 104 Å². The minimum Gasteiger partial charge on any atom is -0.508 e. The smallest absolute Gasteiger partial charge is 0.229 e. The first-order valence-corrected chi connectivity index (χ1v) is 15.2. The highest BCUT2D eigenvalue weighted by atomic mass is 16.7. The van der Waals surface area contributed by atoms with Gasteiger partial charge < -0.3 is 64.3 Å². The zero-order valence-electron chi connectivity index (χ0n) is 26.2. The van der Waals surface area contributed by atoms with Crippen molar-refractivity contribution in [2.75, 3.05) is 6.61 Å². The number of ether oxygens (including phenoxy) is 2. The maximum absolute atomic E-state index is 12.9. The highest BCUT2D eigenvalue weighted by Crippen LogP contribution is 2.33. The van der Waals surface area contributed by atoms with E-state index >= 15 is 0 Å². The molecule has 0 bridgehead atoms. The van der Waals surface area contributed by atoms with Crippen LogP contribution in [0.4, 0.5) is 0 Å². The summed E-state index contributed by atoms with van der Waals surface area (Å²) in [6.07, 6.45) is -4.97. The van der Waals surface area contributed by atoms with E-state index in [1.54, 1.807) is 12.1 Å². The van der Waals surface area contributed by atoms with E-state index in [4.69, 9.17) is 18.3 Å². The van der Waals surface area contributed by atoms with Crippen molar-refractivity contribution in [1.29, 1.82) is 0 Å². The molecule has 5 atom stereocenters. The van der Waals surface area contributed by atoms with Gasteiger partial charge in [-0.05, 0) is 35.4 Å². The quantitative estimate of drug-likeness (QED) is 0.125. The molecule has 9 N–H and O–H groups in total. The van der Waals surface area contributed by atoms with Crippen molar-refractivity contribution in [3.63, 3.8) is 0 Å². The summed E-state index contributed by atoms with van der Waals surface area (Å²) in [6.45, 7) is -0.622. The minimum atomic E-state index is -1.64. The molecule has 0 saturated carbocycles. The number of phenolic OH excluding ortho intramolecular Hbond substituents is 5. The van der Waals surface area contributed by atoms with Gasteiger partial charge in [-0.1, -0.05) is 24.3 Å². The normalized spacial score (nSPS) is 20.1. The molecule has 7 rings (SSSR count). The largest absolute Gasteiger partial charge is 0.508 e. The third-order valence-electron chi connectivity index (χ3n) is 8.13. The van der Waals surface area contributed by atoms with E-state index in [-0.39, 0.29) is 61.8 Å². The van der Waals surface area contributed by atoms with Gasteiger partial charge >= 0.3 is 0 Å². The molecule has 1 aliphatic heterocycles. The zero-order chi connectivity index (χ0) is 36.6. The summed E-state index contributed by atoms with van der Waals surface area (Å²) >= 11 is 0. The number of fused-ring (bicyclic) bond motifs is 2. The number of rotatable bonds is 5. The van der Waals surface area contributed by atoms with Gasteiger partial charge in [-0.25, -0.2) is 0 Å². The highest BCUT2D eigenvalue weighted by molar-refractivity contribution is 5.89. The molecule has 6 aromatic rings. The Morgan fingerprint density at radius 2 is 1.08 bits per heavy atom. The monoisotopic (exact) mass is 702 g/mol. The van der Waals surface area contributed by atoms with Gasteiger partial charge in [0.15, 0.2) is 0 Å². The fourth-order valence-electron chi connectivity index (χ4n) is 5.47. The van der Waals surface area contributed by atoms with Crippen LogP contribution in [-0.4, -0.2) is 83.3 Å². The van der Waals surface area contributed by atoms with Crippen LogP contribution in [0.5, 0.6) is 34.5 Å². The standard InChI is InChI=1S/C21H20O10.C15H10O5/c22-7-15-18(26)19(27)20(28)21(31-15)30-11-5-13(24)16-14(6-11)29-8-12(17(16)25)9-1-3-10(23)4-2-9;16-9-3-1-8(2-4-9)11-7-20-13-6-10(17)5-12(18)14(13)15(11)19/h1-6,8,15,18-24,26-28H,7H2;1-7,16-18H/t15-,18-,19+,20-,21-;/m1./s1. The maximum atomic E-state index is 12.9. The number of aliphatic hydroxyl groups is 4. The molecule has 264 valence electrons. The van der Waals surface area contributed by atoms with E-state index in [0.717, 1.165) is 12.1 Å². The van der Waals surface area contributed by atoms with Crippen LogP contribution in [0.25, 0.3) is 44.2 Å². The molecule has 1 saturated heterocycles. The van der Waals surface area contributed by atoms with Crippen LogP contribution >= 0.6 is 0 Å². The van der Waals surface area contributed by atoms with E-state index in [9.17, 15) is 55.5 Å². The molecule has 1 fully saturated rings. The van der Waals surface area contributed by atoms with E-state index in [2.05, 4.69) is 0 Å². The molecule has 0 amide bonds. The summed E-state index contributed by atoms with van der Waals surface area (Å²) in [5.74, 6) is -0.898. The number of benzene rings is 4. The molecule has 15 heteroatoms. The molecule has 0 spiro atoms. The molecule has 0 unspecified atom stereocenters. The van der Waals surface area contributed by atoms with Crippen LogP contribution in [0.1, 0.15) is 0 Å². The average Bonchev–Trinajstić information content (AvgIpc) is 3.09. The van der Waals surface area contributed by atoms with Gasteiger partial charge in [-0.2, -0.15) is 0 Å². The second-order valence-electron chi connectivity index (χ2n) is 11.5. The Morgan fingerprint density at radius 3 is 1.59 bits per heavy atom. The van der Waals surface area contributed by atoms with Gasteiger partial charge in [-0.15, -0.1) is 0 Å². The van der Waals surface area contributed by atoms with E-state index in [1.807, 2.05) is 0 Å². The summed E-state index contributed by atoms with van der Waals surface area (Å²) < 4.78 is 21.5. The number of phenols is 5. The Morgan fingerprint density at radius 1 is 0.588 bits per heavy atom. The highest BCUT2D eigenvalue weighted by Gasteiger charge is 2.44. The molecule has 51 heavy (non-hydrogen) atoms. The van der Waals surface area contributed by atoms with Gasteiger partial charge in [0.05, 0.1) is 17.7 Å². The van der Waals surface area contributed by atoms with Crippen LogP contribution < -0.4 is 15.6 Å². The Bertz CT molecular complexity index is 2310. The lowest BCUT2D eigenvalue weighted by Crippen LogP contribution is -2.60. The van der Waals surface area contributed by atoms with Crippen molar-refractivity contribution in [3.8, 4) is 56.8 Å². The van der Waals surface area contributed by atoms with Gasteiger partial charge in [-0.3, -0.25) is 9.59 Å². The summed E-state index contributed by atoms with van der Waals surface area (Å²) in [5.41, 5.74) is 0.657. The lowest BCUT2D eigenvalue weighted by Gasteiger charge is -2.39. The fourth-order valence-corrected chi connectivity index (χ4v) is 5.47. The van der Waals surface area contributed by atoms with Crippen LogP contribution in [-0.2, 0) is 4.74 Å². The van der Waals surface area contributed by atoms with Crippen molar-refractivity contribution in [2.45, 2.75) is 30.7 Å². The van der Waals surface area contributed by atoms with Crippen molar-refractivity contribution in [3.05, 3.63) is 106 Å². The summed E-state index contributed by atoms with van der Waals surface area (Å²) in [7, 11) is 0. The number of aromatic hydroxyl groups is 5. The van der Waals surface area contributed by atoms with Gasteiger partial charge in [0.25, 0.3) is 0 Å². The molecule has 0 radical (unpaired) electrons. The van der Waals surface area contributed by atoms with Gasteiger partial charge in [0, 0.05) is 24.3 Å². The van der Waals surface area contributed by atoms with E-state index in [0.29, 0.717) is 11.1 Å². The molecule has 3 heterocycles. The number of hydrogen-bond acceptors (Lipinski definition) is 15. The topological polar surface area (TPSA) is 261 Å². The van der Waals surface area contributed by atoms with Crippen molar-refractivity contribution < 1.29 is 64.3 Å². The van der Waals surface area contributed by atoms with Crippen molar-refractivity contribution in [1.82, 2.24) is 0 Å². The molecule has 2 aromatic heterocycles. The fraction of sp³-hybridized carbons (Fsp3) is 0.167. The van der Waals surface area contributed by atoms with Crippen LogP contribution in [0.3, 0.4) is 0 Å². The molecular weight excluding hydrogens is 672 g/mol. The van der Waals surface area contributed by atoms with Crippen molar-refractivity contribution >= 4 is 21.9 Å². The molecule has 0 aliphatic carbocycles. The first kappa shape index (κ1) is 34.8. The van der Waals surface area contributed by atoms with Gasteiger partial charge in [0.1, 0.15) is 93.4 Å². The van der Waals surface area contributed by atoms with E-state index < -0.39 is 53.9 Å². The Labute approximate surface area is 285 Å². The third-order valence-corrected chi connectivity index (χ3v) is 8.13. The Balaban J connectivity index is 0.000000193. The first-order chi connectivity index (χ1) is 24.4.